The lowest BCUT2D eigenvalue weighted by molar-refractivity contribution is 0.309. The topological polar surface area (TPSA) is 33.3 Å². The van der Waals surface area contributed by atoms with Gasteiger partial charge in [0.25, 0.3) is 0 Å². The normalized spacial score (nSPS) is 16.3. The van der Waals surface area contributed by atoms with E-state index in [1.165, 1.54) is 24.9 Å². The van der Waals surface area contributed by atoms with Gasteiger partial charge in [-0.15, -0.1) is 0 Å². The van der Waals surface area contributed by atoms with Gasteiger partial charge in [0, 0.05) is 12.2 Å². The predicted octanol–water partition coefficient (Wildman–Crippen LogP) is 3.28. The molecule has 0 radical (unpaired) electrons. The van der Waals surface area contributed by atoms with Gasteiger partial charge in [-0.3, -0.25) is 0 Å². The molecule has 0 amide bonds. The fourth-order valence-electron chi connectivity index (χ4n) is 2.35. The molecule has 0 aliphatic carbocycles. The van der Waals surface area contributed by atoms with Crippen LogP contribution in [0, 0.1) is 5.92 Å². The van der Waals surface area contributed by atoms with E-state index < -0.39 is 0 Å². The lowest BCUT2D eigenvalue weighted by Crippen LogP contribution is -2.31. The number of ether oxygens (including phenoxy) is 1. The summed E-state index contributed by atoms with van der Waals surface area (Å²) in [6.07, 6.45) is 4.86. The molecule has 3 heteroatoms. The first kappa shape index (κ1) is 14.2. The molecule has 2 N–H and O–H groups in total. The molecular weight excluding hydrogens is 236 g/mol. The summed E-state index contributed by atoms with van der Waals surface area (Å²) in [5, 5.41) is 6.93. The number of nitrogens with one attached hydrogen (secondary N) is 2. The number of piperidine rings is 1. The Bertz CT molecular complexity index is 344. The number of rotatable bonds is 7. The van der Waals surface area contributed by atoms with Gasteiger partial charge in [0.1, 0.15) is 5.75 Å². The quantitative estimate of drug-likeness (QED) is 0.740. The van der Waals surface area contributed by atoms with Gasteiger partial charge in [-0.25, -0.2) is 0 Å². The van der Waals surface area contributed by atoms with Crippen molar-refractivity contribution in [3.05, 3.63) is 24.3 Å². The molecule has 0 unspecified atom stereocenters. The van der Waals surface area contributed by atoms with E-state index in [4.69, 9.17) is 4.74 Å². The van der Waals surface area contributed by atoms with Crippen LogP contribution < -0.4 is 15.4 Å². The summed E-state index contributed by atoms with van der Waals surface area (Å²) in [5.74, 6) is 1.78. The van der Waals surface area contributed by atoms with Crippen LogP contribution in [0.5, 0.6) is 5.75 Å². The van der Waals surface area contributed by atoms with Crippen LogP contribution in [0.15, 0.2) is 24.3 Å². The summed E-state index contributed by atoms with van der Waals surface area (Å²) in [5.41, 5.74) is 1.20. The Morgan fingerprint density at radius 3 is 2.63 bits per heavy atom. The van der Waals surface area contributed by atoms with E-state index in [0.717, 1.165) is 44.3 Å². The third-order valence-electron chi connectivity index (χ3n) is 3.67. The van der Waals surface area contributed by atoms with Crippen molar-refractivity contribution in [3.8, 4) is 5.75 Å². The molecule has 3 nitrogen and oxygen atoms in total. The highest BCUT2D eigenvalue weighted by Crippen LogP contribution is 2.18. The van der Waals surface area contributed by atoms with Crippen molar-refractivity contribution in [2.24, 2.45) is 5.92 Å². The zero-order valence-corrected chi connectivity index (χ0v) is 12.0. The van der Waals surface area contributed by atoms with Crippen molar-refractivity contribution in [3.63, 3.8) is 0 Å². The van der Waals surface area contributed by atoms with Crippen molar-refractivity contribution >= 4 is 5.69 Å². The van der Waals surface area contributed by atoms with Crippen LogP contribution in [-0.2, 0) is 0 Å². The second kappa shape index (κ2) is 8.05. The van der Waals surface area contributed by atoms with Crippen LogP contribution in [0.2, 0.25) is 0 Å². The minimum absolute atomic E-state index is 0.807. The van der Waals surface area contributed by atoms with Crippen LogP contribution in [0.25, 0.3) is 0 Å². The zero-order chi connectivity index (χ0) is 13.3. The number of benzene rings is 1. The van der Waals surface area contributed by atoms with E-state index >= 15 is 0 Å². The van der Waals surface area contributed by atoms with Gasteiger partial charge in [0.2, 0.25) is 0 Å². The SMILES string of the molecule is CCCCOc1ccc(NCC2CCNCC2)cc1. The van der Waals surface area contributed by atoms with Crippen molar-refractivity contribution in [1.82, 2.24) is 5.32 Å². The number of hydrogen-bond acceptors (Lipinski definition) is 3. The highest BCUT2D eigenvalue weighted by atomic mass is 16.5. The van der Waals surface area contributed by atoms with Crippen molar-refractivity contribution in [1.29, 1.82) is 0 Å². The van der Waals surface area contributed by atoms with E-state index in [-0.39, 0.29) is 0 Å². The van der Waals surface area contributed by atoms with Crippen LogP contribution in [0.1, 0.15) is 32.6 Å². The lowest BCUT2D eigenvalue weighted by atomic mass is 9.98. The summed E-state index contributed by atoms with van der Waals surface area (Å²) in [6.45, 7) is 6.40. The summed E-state index contributed by atoms with van der Waals surface area (Å²) in [6, 6.07) is 8.34. The molecule has 2 rings (SSSR count). The van der Waals surface area contributed by atoms with Crippen LogP contribution in [0.3, 0.4) is 0 Å². The Balaban J connectivity index is 1.71. The third kappa shape index (κ3) is 5.11. The van der Waals surface area contributed by atoms with Crippen molar-refractivity contribution in [2.45, 2.75) is 32.6 Å². The van der Waals surface area contributed by atoms with Gasteiger partial charge in [-0.1, -0.05) is 13.3 Å². The molecule has 1 aliphatic heterocycles. The summed E-state index contributed by atoms with van der Waals surface area (Å²) < 4.78 is 5.66. The van der Waals surface area contributed by atoms with Crippen LogP contribution in [0.4, 0.5) is 5.69 Å². The summed E-state index contributed by atoms with van der Waals surface area (Å²) >= 11 is 0. The van der Waals surface area contributed by atoms with Gasteiger partial charge < -0.3 is 15.4 Å². The second-order valence-electron chi connectivity index (χ2n) is 5.30. The van der Waals surface area contributed by atoms with Crippen molar-refractivity contribution < 1.29 is 4.74 Å². The average Bonchev–Trinajstić information content (AvgIpc) is 2.48. The fourth-order valence-corrected chi connectivity index (χ4v) is 2.35. The maximum Gasteiger partial charge on any atom is 0.119 e. The molecule has 1 aromatic carbocycles. The maximum atomic E-state index is 5.66. The van der Waals surface area contributed by atoms with Crippen LogP contribution >= 0.6 is 0 Å². The minimum Gasteiger partial charge on any atom is -0.494 e. The molecule has 1 fully saturated rings. The Hall–Kier alpha value is -1.22. The van der Waals surface area contributed by atoms with E-state index in [1.807, 2.05) is 0 Å². The molecule has 1 aromatic rings. The Morgan fingerprint density at radius 1 is 1.21 bits per heavy atom. The maximum absolute atomic E-state index is 5.66. The van der Waals surface area contributed by atoms with Gasteiger partial charge in [0.05, 0.1) is 6.61 Å². The lowest BCUT2D eigenvalue weighted by Gasteiger charge is -2.23. The monoisotopic (exact) mass is 262 g/mol. The van der Waals surface area contributed by atoms with Gasteiger partial charge in [0.15, 0.2) is 0 Å². The number of hydrogen-bond donors (Lipinski definition) is 2. The molecule has 1 saturated heterocycles. The predicted molar refractivity (Wildman–Crippen MR) is 80.9 cm³/mol. The van der Waals surface area contributed by atoms with E-state index in [2.05, 4.69) is 41.8 Å². The van der Waals surface area contributed by atoms with E-state index in [1.54, 1.807) is 0 Å². The first-order chi connectivity index (χ1) is 9.38. The van der Waals surface area contributed by atoms with Gasteiger partial charge >= 0.3 is 0 Å². The third-order valence-corrected chi connectivity index (χ3v) is 3.67. The number of anilines is 1. The highest BCUT2D eigenvalue weighted by Gasteiger charge is 2.12. The largest absolute Gasteiger partial charge is 0.494 e. The second-order valence-corrected chi connectivity index (χ2v) is 5.30. The van der Waals surface area contributed by atoms with Gasteiger partial charge in [-0.05, 0) is 62.5 Å². The Labute approximate surface area is 116 Å². The fraction of sp³-hybridized carbons (Fsp3) is 0.625. The Morgan fingerprint density at radius 2 is 1.95 bits per heavy atom. The van der Waals surface area contributed by atoms with Crippen molar-refractivity contribution in [2.75, 3.05) is 31.6 Å². The minimum atomic E-state index is 0.807. The first-order valence-electron chi connectivity index (χ1n) is 7.56. The molecule has 106 valence electrons. The molecular formula is C16H26N2O. The molecule has 0 bridgehead atoms. The molecule has 0 spiro atoms. The molecule has 19 heavy (non-hydrogen) atoms. The summed E-state index contributed by atoms with van der Waals surface area (Å²) in [7, 11) is 0. The van der Waals surface area contributed by atoms with Gasteiger partial charge in [-0.2, -0.15) is 0 Å². The van der Waals surface area contributed by atoms with E-state index in [0.29, 0.717) is 0 Å². The molecule has 0 aromatic heterocycles. The molecule has 0 saturated carbocycles. The zero-order valence-electron chi connectivity index (χ0n) is 12.0. The Kier molecular flexibility index (Phi) is 6.02. The smallest absolute Gasteiger partial charge is 0.119 e. The standard InChI is InChI=1S/C16H26N2O/c1-2-3-12-19-16-6-4-15(5-7-16)18-13-14-8-10-17-11-9-14/h4-7,14,17-18H,2-3,8-13H2,1H3. The molecule has 1 aliphatic rings. The summed E-state index contributed by atoms with van der Waals surface area (Å²) in [4.78, 5) is 0. The average molecular weight is 262 g/mol. The van der Waals surface area contributed by atoms with Crippen LogP contribution in [-0.4, -0.2) is 26.2 Å². The highest BCUT2D eigenvalue weighted by molar-refractivity contribution is 5.46. The number of unbranched alkanes of at least 4 members (excludes halogenated alkanes) is 1. The van der Waals surface area contributed by atoms with E-state index in [9.17, 15) is 0 Å². The molecule has 1 heterocycles. The molecule has 0 atom stereocenters. The first-order valence-corrected chi connectivity index (χ1v) is 7.56.